The lowest BCUT2D eigenvalue weighted by Gasteiger charge is -2.42. The highest BCUT2D eigenvalue weighted by Gasteiger charge is 2.33. The van der Waals surface area contributed by atoms with Crippen LogP contribution in [0, 0.1) is 5.92 Å². The monoisotopic (exact) mass is 333 g/mol. The van der Waals surface area contributed by atoms with Crippen LogP contribution in [0.1, 0.15) is 32.4 Å². The van der Waals surface area contributed by atoms with Gasteiger partial charge in [-0.1, -0.05) is 26.0 Å². The predicted octanol–water partition coefficient (Wildman–Crippen LogP) is 2.54. The summed E-state index contributed by atoms with van der Waals surface area (Å²) in [7, 11) is 3.97. The SMILES string of the molecule is CC(C)CN1CCN(C(C(=O)O)c2ccc(N(C)C)cc2)CC1C. The summed E-state index contributed by atoms with van der Waals surface area (Å²) in [6, 6.07) is 7.68. The van der Waals surface area contributed by atoms with Gasteiger partial charge in [0.25, 0.3) is 0 Å². The minimum absolute atomic E-state index is 0.379. The molecule has 1 heterocycles. The lowest BCUT2D eigenvalue weighted by atomic mass is 10.0. The van der Waals surface area contributed by atoms with E-state index < -0.39 is 12.0 Å². The van der Waals surface area contributed by atoms with Crippen molar-refractivity contribution in [2.75, 3.05) is 45.2 Å². The fourth-order valence-corrected chi connectivity index (χ4v) is 3.46. The maximum Gasteiger partial charge on any atom is 0.325 e. The maximum atomic E-state index is 11.9. The zero-order valence-corrected chi connectivity index (χ0v) is 15.6. The summed E-state index contributed by atoms with van der Waals surface area (Å²) in [6.45, 7) is 10.2. The van der Waals surface area contributed by atoms with Crippen LogP contribution in [0.3, 0.4) is 0 Å². The maximum absolute atomic E-state index is 11.9. The second-order valence-corrected chi connectivity index (χ2v) is 7.46. The molecule has 1 aliphatic heterocycles. The fraction of sp³-hybridized carbons (Fsp3) is 0.632. The molecule has 0 bridgehead atoms. The Hall–Kier alpha value is -1.59. The molecule has 0 radical (unpaired) electrons. The average molecular weight is 333 g/mol. The Balaban J connectivity index is 2.13. The van der Waals surface area contributed by atoms with Gasteiger partial charge in [0.15, 0.2) is 0 Å². The number of hydrogen-bond donors (Lipinski definition) is 1. The van der Waals surface area contributed by atoms with Crippen molar-refractivity contribution < 1.29 is 9.90 Å². The van der Waals surface area contributed by atoms with Gasteiger partial charge in [0, 0.05) is 52.0 Å². The van der Waals surface area contributed by atoms with Gasteiger partial charge in [-0.3, -0.25) is 14.6 Å². The quantitative estimate of drug-likeness (QED) is 0.867. The van der Waals surface area contributed by atoms with E-state index in [1.54, 1.807) is 0 Å². The fourth-order valence-electron chi connectivity index (χ4n) is 3.46. The highest BCUT2D eigenvalue weighted by atomic mass is 16.4. The molecule has 0 aliphatic carbocycles. The van der Waals surface area contributed by atoms with E-state index in [4.69, 9.17) is 0 Å². The van der Waals surface area contributed by atoms with Crippen LogP contribution >= 0.6 is 0 Å². The molecule has 2 unspecified atom stereocenters. The second-order valence-electron chi connectivity index (χ2n) is 7.46. The van der Waals surface area contributed by atoms with Gasteiger partial charge in [-0.2, -0.15) is 0 Å². The van der Waals surface area contributed by atoms with Crippen molar-refractivity contribution in [1.82, 2.24) is 9.80 Å². The first kappa shape index (κ1) is 18.7. The molecule has 134 valence electrons. The predicted molar refractivity (Wildman–Crippen MR) is 98.6 cm³/mol. The molecule has 5 heteroatoms. The molecule has 0 saturated carbocycles. The van der Waals surface area contributed by atoms with Crippen molar-refractivity contribution >= 4 is 11.7 Å². The van der Waals surface area contributed by atoms with Gasteiger partial charge in [-0.25, -0.2) is 0 Å². The summed E-state index contributed by atoms with van der Waals surface area (Å²) >= 11 is 0. The molecule has 24 heavy (non-hydrogen) atoms. The van der Waals surface area contributed by atoms with Crippen molar-refractivity contribution in [3.8, 4) is 0 Å². The molecule has 1 N–H and O–H groups in total. The number of anilines is 1. The summed E-state index contributed by atoms with van der Waals surface area (Å²) in [6.07, 6.45) is 0. The Morgan fingerprint density at radius 1 is 1.25 bits per heavy atom. The average Bonchev–Trinajstić information content (AvgIpc) is 2.50. The van der Waals surface area contributed by atoms with Crippen LogP contribution in [-0.2, 0) is 4.79 Å². The molecule has 0 aromatic heterocycles. The third kappa shape index (κ3) is 4.48. The van der Waals surface area contributed by atoms with Crippen molar-refractivity contribution in [3.05, 3.63) is 29.8 Å². The van der Waals surface area contributed by atoms with Gasteiger partial charge in [0.1, 0.15) is 6.04 Å². The Labute approximate surface area is 145 Å². The molecular weight excluding hydrogens is 302 g/mol. The number of hydrogen-bond acceptors (Lipinski definition) is 4. The zero-order valence-electron chi connectivity index (χ0n) is 15.6. The van der Waals surface area contributed by atoms with Gasteiger partial charge in [0.05, 0.1) is 0 Å². The Bertz CT molecular complexity index is 542. The number of aliphatic carboxylic acids is 1. The summed E-state index contributed by atoms with van der Waals surface area (Å²) in [5.74, 6) is -0.134. The second kappa shape index (κ2) is 7.99. The molecule has 5 nitrogen and oxygen atoms in total. The van der Waals surface area contributed by atoms with E-state index >= 15 is 0 Å². The number of carbonyl (C=O) groups is 1. The van der Waals surface area contributed by atoms with E-state index in [-0.39, 0.29) is 0 Å². The number of nitrogens with zero attached hydrogens (tertiary/aromatic N) is 3. The third-order valence-corrected chi connectivity index (χ3v) is 4.72. The molecule has 1 saturated heterocycles. The molecular formula is C19H31N3O2. The van der Waals surface area contributed by atoms with Crippen LogP contribution in [0.15, 0.2) is 24.3 Å². The lowest BCUT2D eigenvalue weighted by molar-refractivity contribution is -0.145. The number of rotatable bonds is 6. The summed E-state index contributed by atoms with van der Waals surface area (Å²) in [5, 5.41) is 9.79. The highest BCUT2D eigenvalue weighted by molar-refractivity contribution is 5.76. The number of benzene rings is 1. The molecule has 1 fully saturated rings. The van der Waals surface area contributed by atoms with Gasteiger partial charge < -0.3 is 10.0 Å². The first-order chi connectivity index (χ1) is 11.3. The van der Waals surface area contributed by atoms with Gasteiger partial charge in [-0.05, 0) is 30.5 Å². The van der Waals surface area contributed by atoms with Gasteiger partial charge in [-0.15, -0.1) is 0 Å². The molecule has 2 rings (SSSR count). The van der Waals surface area contributed by atoms with E-state index in [2.05, 4.69) is 30.6 Å². The van der Waals surface area contributed by atoms with Crippen LogP contribution < -0.4 is 4.90 Å². The third-order valence-electron chi connectivity index (χ3n) is 4.72. The van der Waals surface area contributed by atoms with E-state index in [1.165, 1.54) is 0 Å². The topological polar surface area (TPSA) is 47.0 Å². The highest BCUT2D eigenvalue weighted by Crippen LogP contribution is 2.26. The number of carboxylic acid groups (broad SMARTS) is 1. The van der Waals surface area contributed by atoms with Gasteiger partial charge in [0.2, 0.25) is 0 Å². The summed E-state index contributed by atoms with van der Waals surface area (Å²) < 4.78 is 0. The number of carboxylic acids is 1. The summed E-state index contributed by atoms with van der Waals surface area (Å²) in [4.78, 5) is 18.5. The normalized spacial score (nSPS) is 21.0. The molecule has 0 spiro atoms. The van der Waals surface area contributed by atoms with Crippen LogP contribution in [0.5, 0.6) is 0 Å². The minimum atomic E-state index is -0.767. The van der Waals surface area contributed by atoms with Crippen molar-refractivity contribution in [1.29, 1.82) is 0 Å². The molecule has 1 aromatic carbocycles. The smallest absolute Gasteiger partial charge is 0.325 e. The Morgan fingerprint density at radius 2 is 1.88 bits per heavy atom. The van der Waals surface area contributed by atoms with Crippen LogP contribution in [-0.4, -0.2) is 67.2 Å². The number of piperazine rings is 1. The van der Waals surface area contributed by atoms with E-state index in [1.807, 2.05) is 43.3 Å². The molecule has 1 aromatic rings. The zero-order chi connectivity index (χ0) is 17.9. The molecule has 1 aliphatic rings. The molecule has 0 amide bonds. The lowest BCUT2D eigenvalue weighted by Crippen LogP contribution is -2.54. The van der Waals surface area contributed by atoms with E-state index in [0.29, 0.717) is 12.0 Å². The van der Waals surface area contributed by atoms with Crippen LogP contribution in [0.25, 0.3) is 0 Å². The standard InChI is InChI=1S/C19H31N3O2/c1-14(2)12-21-10-11-22(13-15(21)3)18(19(23)24)16-6-8-17(9-7-16)20(4)5/h6-9,14-15,18H,10-13H2,1-5H3,(H,23,24). The summed E-state index contributed by atoms with van der Waals surface area (Å²) in [5.41, 5.74) is 1.94. The van der Waals surface area contributed by atoms with E-state index in [9.17, 15) is 9.90 Å². The van der Waals surface area contributed by atoms with Crippen molar-refractivity contribution in [2.45, 2.75) is 32.9 Å². The van der Waals surface area contributed by atoms with Gasteiger partial charge >= 0.3 is 5.97 Å². The van der Waals surface area contributed by atoms with Crippen molar-refractivity contribution in [3.63, 3.8) is 0 Å². The molecule has 2 atom stereocenters. The first-order valence-corrected chi connectivity index (χ1v) is 8.77. The Morgan fingerprint density at radius 3 is 2.33 bits per heavy atom. The van der Waals surface area contributed by atoms with Crippen LogP contribution in [0.4, 0.5) is 5.69 Å². The van der Waals surface area contributed by atoms with Crippen molar-refractivity contribution in [2.24, 2.45) is 5.92 Å². The Kier molecular flexibility index (Phi) is 6.24. The first-order valence-electron chi connectivity index (χ1n) is 8.77. The minimum Gasteiger partial charge on any atom is -0.480 e. The largest absolute Gasteiger partial charge is 0.480 e. The van der Waals surface area contributed by atoms with Crippen LogP contribution in [0.2, 0.25) is 0 Å². The van der Waals surface area contributed by atoms with E-state index in [0.717, 1.165) is 37.4 Å².